The fraction of sp³-hybridized carbons (Fsp3) is 0.357. The highest BCUT2D eigenvalue weighted by Gasteiger charge is 2.17. The average Bonchev–Trinajstić information content (AvgIpc) is 3.04. The van der Waals surface area contributed by atoms with Gasteiger partial charge in [-0.3, -0.25) is 0 Å². The van der Waals surface area contributed by atoms with Gasteiger partial charge >= 0.3 is 0 Å². The maximum Gasteiger partial charge on any atom is 0.231 e. The van der Waals surface area contributed by atoms with E-state index in [2.05, 4.69) is 40.1 Å². The molecule has 3 rings (SSSR count). The van der Waals surface area contributed by atoms with Crippen LogP contribution in [0.15, 0.2) is 22.8 Å². The van der Waals surface area contributed by atoms with Gasteiger partial charge in [-0.1, -0.05) is 15.9 Å². The van der Waals surface area contributed by atoms with Crippen LogP contribution in [0.2, 0.25) is 0 Å². The first-order chi connectivity index (χ1) is 9.63. The van der Waals surface area contributed by atoms with Crippen LogP contribution in [0.3, 0.4) is 0 Å². The lowest BCUT2D eigenvalue weighted by Gasteiger charge is -2.12. The monoisotopic (exact) mass is 354 g/mol. The summed E-state index contributed by atoms with van der Waals surface area (Å²) in [4.78, 5) is 5.64. The minimum atomic E-state index is 0.228. The van der Waals surface area contributed by atoms with E-state index in [0.717, 1.165) is 33.1 Å². The van der Waals surface area contributed by atoms with Gasteiger partial charge in [0.05, 0.1) is 6.04 Å². The molecule has 0 radical (unpaired) electrons. The molecular weight excluding hydrogens is 340 g/mol. The van der Waals surface area contributed by atoms with Crippen molar-refractivity contribution in [3.8, 4) is 11.5 Å². The number of rotatable bonds is 4. The molecule has 2 heterocycles. The van der Waals surface area contributed by atoms with Gasteiger partial charge in [0.15, 0.2) is 11.5 Å². The van der Waals surface area contributed by atoms with Crippen molar-refractivity contribution in [1.29, 1.82) is 0 Å². The molecule has 0 amide bonds. The van der Waals surface area contributed by atoms with E-state index in [-0.39, 0.29) is 6.04 Å². The van der Waals surface area contributed by atoms with Gasteiger partial charge in [0, 0.05) is 22.1 Å². The van der Waals surface area contributed by atoms with Gasteiger partial charge in [0.1, 0.15) is 5.01 Å². The molecule has 20 heavy (non-hydrogen) atoms. The summed E-state index contributed by atoms with van der Waals surface area (Å²) in [5, 5.41) is 4.59. The molecule has 1 N–H and O–H groups in total. The van der Waals surface area contributed by atoms with Gasteiger partial charge in [-0.2, -0.15) is 0 Å². The first kappa shape index (κ1) is 13.9. The number of hydrogen-bond acceptors (Lipinski definition) is 5. The molecule has 2 aromatic rings. The van der Waals surface area contributed by atoms with Gasteiger partial charge in [-0.05, 0) is 31.5 Å². The molecule has 0 aliphatic carbocycles. The molecule has 0 saturated heterocycles. The van der Waals surface area contributed by atoms with Gasteiger partial charge in [-0.25, -0.2) is 4.98 Å². The molecule has 6 heteroatoms. The van der Waals surface area contributed by atoms with Gasteiger partial charge < -0.3 is 14.8 Å². The lowest BCUT2D eigenvalue weighted by Crippen LogP contribution is -2.18. The van der Waals surface area contributed by atoms with Crippen molar-refractivity contribution in [2.45, 2.75) is 26.4 Å². The van der Waals surface area contributed by atoms with E-state index in [4.69, 9.17) is 9.47 Å². The third-order valence-corrected chi connectivity index (χ3v) is 4.98. The Morgan fingerprint density at radius 1 is 1.40 bits per heavy atom. The van der Waals surface area contributed by atoms with E-state index >= 15 is 0 Å². The standard InChI is InChI=1S/C14H15BrN2O2S/c1-8-5-17-14(20-8)9(2)16-6-10-3-12-13(4-11(10)15)19-7-18-12/h3-5,9,16H,6-7H2,1-2H3. The van der Waals surface area contributed by atoms with Gasteiger partial charge in [0.25, 0.3) is 0 Å². The van der Waals surface area contributed by atoms with E-state index in [1.54, 1.807) is 11.3 Å². The molecule has 1 atom stereocenters. The van der Waals surface area contributed by atoms with Crippen LogP contribution >= 0.6 is 27.3 Å². The van der Waals surface area contributed by atoms with Crippen molar-refractivity contribution < 1.29 is 9.47 Å². The van der Waals surface area contributed by atoms with Crippen molar-refractivity contribution in [2.24, 2.45) is 0 Å². The zero-order valence-electron chi connectivity index (χ0n) is 11.3. The third kappa shape index (κ3) is 2.82. The number of ether oxygens (including phenoxy) is 2. The summed E-state index contributed by atoms with van der Waals surface area (Å²) >= 11 is 5.30. The first-order valence-electron chi connectivity index (χ1n) is 6.37. The first-order valence-corrected chi connectivity index (χ1v) is 7.98. The van der Waals surface area contributed by atoms with Crippen LogP contribution in [0.4, 0.5) is 0 Å². The van der Waals surface area contributed by atoms with Crippen LogP contribution < -0.4 is 14.8 Å². The van der Waals surface area contributed by atoms with E-state index in [0.29, 0.717) is 6.79 Å². The summed E-state index contributed by atoms with van der Waals surface area (Å²) in [6.45, 7) is 5.24. The maximum atomic E-state index is 5.41. The van der Waals surface area contributed by atoms with Crippen LogP contribution in [0, 0.1) is 6.92 Å². The second-order valence-corrected chi connectivity index (χ2v) is 6.83. The van der Waals surface area contributed by atoms with Crippen LogP contribution in [-0.2, 0) is 6.54 Å². The average molecular weight is 355 g/mol. The Morgan fingerprint density at radius 2 is 2.15 bits per heavy atom. The summed E-state index contributed by atoms with van der Waals surface area (Å²) in [6.07, 6.45) is 1.91. The molecule has 0 spiro atoms. The molecule has 0 fully saturated rings. The fourth-order valence-electron chi connectivity index (χ4n) is 2.02. The van der Waals surface area contributed by atoms with Crippen molar-refractivity contribution >= 4 is 27.3 Å². The van der Waals surface area contributed by atoms with Crippen LogP contribution in [-0.4, -0.2) is 11.8 Å². The number of aromatic nitrogens is 1. The van der Waals surface area contributed by atoms with E-state index < -0.39 is 0 Å². The predicted molar refractivity (Wildman–Crippen MR) is 82.4 cm³/mol. The molecule has 0 bridgehead atoms. The molecular formula is C14H15BrN2O2S. The van der Waals surface area contributed by atoms with Crippen molar-refractivity contribution in [1.82, 2.24) is 10.3 Å². The van der Waals surface area contributed by atoms with Crippen molar-refractivity contribution in [3.05, 3.63) is 38.3 Å². The highest BCUT2D eigenvalue weighted by atomic mass is 79.9. The van der Waals surface area contributed by atoms with E-state index in [1.165, 1.54) is 4.88 Å². The number of nitrogens with one attached hydrogen (secondary N) is 1. The topological polar surface area (TPSA) is 43.4 Å². The fourth-order valence-corrected chi connectivity index (χ4v) is 3.28. The number of nitrogens with zero attached hydrogens (tertiary/aromatic N) is 1. The molecule has 1 aromatic heterocycles. The Bertz CT molecular complexity index is 630. The zero-order chi connectivity index (χ0) is 14.1. The maximum absolute atomic E-state index is 5.41. The molecule has 106 valence electrons. The number of thiazole rings is 1. The van der Waals surface area contributed by atoms with E-state index in [9.17, 15) is 0 Å². The second-order valence-electron chi connectivity index (χ2n) is 4.71. The zero-order valence-corrected chi connectivity index (χ0v) is 13.7. The molecule has 4 nitrogen and oxygen atoms in total. The minimum Gasteiger partial charge on any atom is -0.454 e. The van der Waals surface area contributed by atoms with Crippen molar-refractivity contribution in [2.75, 3.05) is 6.79 Å². The highest BCUT2D eigenvalue weighted by molar-refractivity contribution is 9.10. The third-order valence-electron chi connectivity index (χ3n) is 3.15. The van der Waals surface area contributed by atoms with Gasteiger partial charge in [0.2, 0.25) is 6.79 Å². The van der Waals surface area contributed by atoms with Crippen LogP contribution in [0.5, 0.6) is 11.5 Å². The summed E-state index contributed by atoms with van der Waals surface area (Å²) in [5.41, 5.74) is 1.15. The summed E-state index contributed by atoms with van der Waals surface area (Å²) in [6, 6.07) is 4.20. The molecule has 1 aliphatic heterocycles. The summed E-state index contributed by atoms with van der Waals surface area (Å²) < 4.78 is 11.8. The Labute approximate surface area is 130 Å². The molecule has 0 saturated carbocycles. The number of halogens is 1. The van der Waals surface area contributed by atoms with Crippen LogP contribution in [0.1, 0.15) is 28.4 Å². The lowest BCUT2D eigenvalue weighted by atomic mass is 10.2. The number of fused-ring (bicyclic) bond motifs is 1. The number of hydrogen-bond donors (Lipinski definition) is 1. The second kappa shape index (κ2) is 5.71. The number of benzene rings is 1. The van der Waals surface area contributed by atoms with Crippen molar-refractivity contribution in [3.63, 3.8) is 0 Å². The summed E-state index contributed by atoms with van der Waals surface area (Å²) in [5.74, 6) is 1.60. The number of aryl methyl sites for hydroxylation is 1. The largest absolute Gasteiger partial charge is 0.454 e. The van der Waals surface area contributed by atoms with E-state index in [1.807, 2.05) is 18.3 Å². The normalized spacial score (nSPS) is 14.6. The molecule has 1 aliphatic rings. The Morgan fingerprint density at radius 3 is 2.85 bits per heavy atom. The SMILES string of the molecule is Cc1cnc(C(C)NCc2cc3c(cc2Br)OCO3)s1. The molecule has 1 aromatic carbocycles. The quantitative estimate of drug-likeness (QED) is 0.906. The Kier molecular flexibility index (Phi) is 3.96. The van der Waals surface area contributed by atoms with Gasteiger partial charge in [-0.15, -0.1) is 11.3 Å². The summed E-state index contributed by atoms with van der Waals surface area (Å²) in [7, 11) is 0. The smallest absolute Gasteiger partial charge is 0.231 e. The lowest BCUT2D eigenvalue weighted by molar-refractivity contribution is 0.174. The minimum absolute atomic E-state index is 0.228. The Hall–Kier alpha value is -1.11. The Balaban J connectivity index is 1.69. The molecule has 1 unspecified atom stereocenters. The van der Waals surface area contributed by atoms with Crippen LogP contribution in [0.25, 0.3) is 0 Å². The highest BCUT2D eigenvalue weighted by Crippen LogP contribution is 2.37. The predicted octanol–water partition coefficient (Wildman–Crippen LogP) is 3.79.